The van der Waals surface area contributed by atoms with Crippen LogP contribution in [0.15, 0.2) is 36.5 Å². The topological polar surface area (TPSA) is 124 Å². The SMILES string of the molecule is CNC1CCC(NCc2cc(-c3ccc(N(C)C)nc3)ccc2OC)CC1.O=C(O)C(F)(F)F.O=C(O)C(F)(F)F. The number of aliphatic carboxylic acids is 2. The molecule has 2 aromatic rings. The first-order chi connectivity index (χ1) is 19.0. The van der Waals surface area contributed by atoms with Gasteiger partial charge >= 0.3 is 24.3 Å². The zero-order valence-corrected chi connectivity index (χ0v) is 22.9. The van der Waals surface area contributed by atoms with Gasteiger partial charge in [-0.05, 0) is 62.6 Å². The fourth-order valence-electron chi connectivity index (χ4n) is 3.76. The summed E-state index contributed by atoms with van der Waals surface area (Å²) in [5.41, 5.74) is 3.49. The van der Waals surface area contributed by atoms with Gasteiger partial charge < -0.3 is 30.5 Å². The molecule has 1 aromatic heterocycles. The van der Waals surface area contributed by atoms with Crippen LogP contribution in [-0.4, -0.2) is 79.8 Å². The van der Waals surface area contributed by atoms with Gasteiger partial charge in [0.25, 0.3) is 0 Å². The molecule has 1 saturated carbocycles. The number of nitrogens with one attached hydrogen (secondary N) is 2. The summed E-state index contributed by atoms with van der Waals surface area (Å²) in [6.45, 7) is 0.828. The molecule has 0 aliphatic heterocycles. The molecule has 0 amide bonds. The van der Waals surface area contributed by atoms with Crippen molar-refractivity contribution in [1.82, 2.24) is 15.6 Å². The number of rotatable bonds is 7. The minimum atomic E-state index is -5.08. The molecule has 0 radical (unpaired) electrons. The van der Waals surface area contributed by atoms with Crippen molar-refractivity contribution < 1.29 is 50.9 Å². The third kappa shape index (κ3) is 12.6. The van der Waals surface area contributed by atoms with Gasteiger partial charge in [0, 0.05) is 50.0 Å². The highest BCUT2D eigenvalue weighted by Crippen LogP contribution is 2.28. The Hall–Kier alpha value is -3.59. The van der Waals surface area contributed by atoms with Crippen LogP contribution in [0.4, 0.5) is 32.2 Å². The van der Waals surface area contributed by atoms with Crippen LogP contribution >= 0.6 is 0 Å². The van der Waals surface area contributed by atoms with E-state index in [0.717, 1.165) is 23.7 Å². The highest BCUT2D eigenvalue weighted by Gasteiger charge is 2.38. The Kier molecular flexibility index (Phi) is 13.8. The third-order valence-electron chi connectivity index (χ3n) is 6.02. The molecule has 0 unspecified atom stereocenters. The van der Waals surface area contributed by atoms with Crippen molar-refractivity contribution in [3.63, 3.8) is 0 Å². The Labute approximate surface area is 233 Å². The Morgan fingerprint density at radius 3 is 1.80 bits per heavy atom. The van der Waals surface area contributed by atoms with E-state index in [-0.39, 0.29) is 0 Å². The van der Waals surface area contributed by atoms with E-state index in [2.05, 4.69) is 53.0 Å². The van der Waals surface area contributed by atoms with Crippen LogP contribution in [0, 0.1) is 0 Å². The zero-order valence-electron chi connectivity index (χ0n) is 22.9. The van der Waals surface area contributed by atoms with Gasteiger partial charge in [-0.2, -0.15) is 26.3 Å². The van der Waals surface area contributed by atoms with Crippen molar-refractivity contribution in [1.29, 1.82) is 0 Å². The zero-order chi connectivity index (χ0) is 31.4. The van der Waals surface area contributed by atoms with Crippen molar-refractivity contribution in [2.24, 2.45) is 0 Å². The lowest BCUT2D eigenvalue weighted by Gasteiger charge is -2.29. The van der Waals surface area contributed by atoms with Crippen molar-refractivity contribution >= 4 is 17.8 Å². The maximum Gasteiger partial charge on any atom is 0.490 e. The van der Waals surface area contributed by atoms with Gasteiger partial charge in [-0.25, -0.2) is 14.6 Å². The number of methoxy groups -OCH3 is 1. The molecule has 1 aliphatic carbocycles. The number of alkyl halides is 6. The molecule has 9 nitrogen and oxygen atoms in total. The molecule has 0 saturated heterocycles. The number of pyridine rings is 1. The summed E-state index contributed by atoms with van der Waals surface area (Å²) in [4.78, 5) is 24.3. The van der Waals surface area contributed by atoms with Crippen LogP contribution in [0.3, 0.4) is 0 Å². The van der Waals surface area contributed by atoms with Crippen LogP contribution in [-0.2, 0) is 16.1 Å². The summed E-state index contributed by atoms with van der Waals surface area (Å²) < 4.78 is 69.1. The van der Waals surface area contributed by atoms with E-state index in [0.29, 0.717) is 12.1 Å². The van der Waals surface area contributed by atoms with Crippen LogP contribution in [0.5, 0.6) is 5.75 Å². The summed E-state index contributed by atoms with van der Waals surface area (Å²) in [6.07, 6.45) is -3.29. The van der Waals surface area contributed by atoms with Gasteiger partial charge in [0.05, 0.1) is 7.11 Å². The van der Waals surface area contributed by atoms with Gasteiger partial charge in [-0.3, -0.25) is 0 Å². The monoisotopic (exact) mass is 596 g/mol. The van der Waals surface area contributed by atoms with Gasteiger partial charge in [-0.1, -0.05) is 6.07 Å². The fraction of sp³-hybridized carbons (Fsp3) is 0.500. The summed E-state index contributed by atoms with van der Waals surface area (Å²) in [7, 11) is 7.81. The Balaban J connectivity index is 0.000000497. The Bertz CT molecular complexity index is 1080. The van der Waals surface area contributed by atoms with E-state index < -0.39 is 24.3 Å². The largest absolute Gasteiger partial charge is 0.496 e. The molecule has 1 fully saturated rings. The second kappa shape index (κ2) is 16.0. The van der Waals surface area contributed by atoms with Crippen LogP contribution in [0.1, 0.15) is 31.2 Å². The number of carboxylic acid groups (broad SMARTS) is 2. The molecule has 0 atom stereocenters. The molecular formula is C26H34F6N4O5. The lowest BCUT2D eigenvalue weighted by atomic mass is 9.91. The highest BCUT2D eigenvalue weighted by atomic mass is 19.4. The standard InChI is InChI=1S/C22H32N4O.2C2HF3O2/c1-23-19-7-9-20(10-8-19)24-15-18-13-16(5-11-21(18)27-4)17-6-12-22(25-14-17)26(2)3;2*3-2(4,5)1(6)7/h5-6,11-14,19-20,23-24H,7-10,15H2,1-4H3;2*(H,6,7). The average Bonchev–Trinajstić information content (AvgIpc) is 2.91. The maximum absolute atomic E-state index is 10.6. The molecule has 230 valence electrons. The first kappa shape index (κ1) is 35.4. The summed E-state index contributed by atoms with van der Waals surface area (Å²) in [6, 6.07) is 11.8. The molecule has 0 spiro atoms. The van der Waals surface area contributed by atoms with Gasteiger partial charge in [0.15, 0.2) is 0 Å². The van der Waals surface area contributed by atoms with Crippen molar-refractivity contribution in [3.05, 3.63) is 42.1 Å². The van der Waals surface area contributed by atoms with E-state index in [1.165, 1.54) is 36.8 Å². The third-order valence-corrected chi connectivity index (χ3v) is 6.02. The second-order valence-corrected chi connectivity index (χ2v) is 9.15. The lowest BCUT2D eigenvalue weighted by Crippen LogP contribution is -2.38. The van der Waals surface area contributed by atoms with Gasteiger partial charge in [0.1, 0.15) is 11.6 Å². The number of hydrogen-bond acceptors (Lipinski definition) is 7. The van der Waals surface area contributed by atoms with E-state index in [9.17, 15) is 26.3 Å². The number of ether oxygens (including phenoxy) is 1. The van der Waals surface area contributed by atoms with Crippen molar-refractivity contribution in [2.75, 3.05) is 33.2 Å². The fourth-order valence-corrected chi connectivity index (χ4v) is 3.76. The predicted molar refractivity (Wildman–Crippen MR) is 140 cm³/mol. The van der Waals surface area contributed by atoms with E-state index >= 15 is 0 Å². The summed E-state index contributed by atoms with van der Waals surface area (Å²) in [5.74, 6) is -3.61. The van der Waals surface area contributed by atoms with E-state index in [1.807, 2.05) is 25.2 Å². The maximum atomic E-state index is 10.6. The number of aromatic nitrogens is 1. The van der Waals surface area contributed by atoms with E-state index in [1.54, 1.807) is 7.11 Å². The molecule has 15 heteroatoms. The molecular weight excluding hydrogens is 562 g/mol. The first-order valence-electron chi connectivity index (χ1n) is 12.3. The lowest BCUT2D eigenvalue weighted by molar-refractivity contribution is -0.193. The minimum Gasteiger partial charge on any atom is -0.496 e. The number of hydrogen-bond donors (Lipinski definition) is 4. The smallest absolute Gasteiger partial charge is 0.490 e. The molecule has 4 N–H and O–H groups in total. The highest BCUT2D eigenvalue weighted by molar-refractivity contribution is 5.73. The molecule has 1 heterocycles. The number of anilines is 1. The number of halogens is 6. The summed E-state index contributed by atoms with van der Waals surface area (Å²) >= 11 is 0. The van der Waals surface area contributed by atoms with Crippen LogP contribution < -0.4 is 20.3 Å². The normalized spacial score (nSPS) is 16.8. The van der Waals surface area contributed by atoms with E-state index in [4.69, 9.17) is 24.5 Å². The molecule has 1 aliphatic rings. The first-order valence-corrected chi connectivity index (χ1v) is 12.3. The number of benzene rings is 1. The molecule has 3 rings (SSSR count). The molecule has 41 heavy (non-hydrogen) atoms. The molecule has 0 bridgehead atoms. The van der Waals surface area contributed by atoms with Gasteiger partial charge in [-0.15, -0.1) is 0 Å². The van der Waals surface area contributed by atoms with Crippen LogP contribution in [0.25, 0.3) is 11.1 Å². The van der Waals surface area contributed by atoms with Crippen molar-refractivity contribution in [3.8, 4) is 16.9 Å². The quantitative estimate of drug-likeness (QED) is 0.337. The minimum absolute atomic E-state index is 0.587. The number of carbonyl (C=O) groups is 2. The molecule has 1 aromatic carbocycles. The van der Waals surface area contributed by atoms with Gasteiger partial charge in [0.2, 0.25) is 0 Å². The second-order valence-electron chi connectivity index (χ2n) is 9.15. The summed E-state index contributed by atoms with van der Waals surface area (Å²) in [5, 5.41) is 21.4. The van der Waals surface area contributed by atoms with Crippen molar-refractivity contribution in [2.45, 2.75) is 56.7 Å². The Morgan fingerprint density at radius 1 is 0.927 bits per heavy atom. The number of nitrogens with zero attached hydrogens (tertiary/aromatic N) is 2. The Morgan fingerprint density at radius 2 is 1.41 bits per heavy atom. The van der Waals surface area contributed by atoms with Crippen LogP contribution in [0.2, 0.25) is 0 Å². The number of carboxylic acids is 2. The predicted octanol–water partition coefficient (Wildman–Crippen LogP) is 4.71. The average molecular weight is 597 g/mol.